The molecule has 186 valence electrons. The second-order valence-electron chi connectivity index (χ2n) is 9.41. The molecule has 1 aromatic carbocycles. The number of nitrogens with zero attached hydrogens (tertiary/aromatic N) is 4. The molecule has 2 aliphatic carbocycles. The molecule has 0 bridgehead atoms. The molecule has 2 N–H and O–H groups in total. The van der Waals surface area contributed by atoms with Crippen LogP contribution < -0.4 is 14.3 Å². The SMILES string of the molecule is CN(CCN(c1cnn(C)c1)S(=O)(=O)NC(=O)Nc1c2c(cc3c1CCC3)CCC2)C1COC1.[NaH]. The van der Waals surface area contributed by atoms with E-state index in [0.29, 0.717) is 25.4 Å². The maximum absolute atomic E-state index is 13.3. The number of aromatic nitrogens is 2. The van der Waals surface area contributed by atoms with Crippen LogP contribution in [0.2, 0.25) is 0 Å². The van der Waals surface area contributed by atoms with Gasteiger partial charge in [-0.15, -0.1) is 0 Å². The number of carbonyl (C=O) groups excluding carboxylic acids is 1. The Bertz CT molecular complexity index is 1160. The molecule has 1 aromatic heterocycles. The fraction of sp³-hybridized carbons (Fsp3) is 0.565. The summed E-state index contributed by atoms with van der Waals surface area (Å²) in [6.07, 6.45) is 9.05. The van der Waals surface area contributed by atoms with Gasteiger partial charge < -0.3 is 10.1 Å². The second-order valence-corrected chi connectivity index (χ2v) is 11.0. The van der Waals surface area contributed by atoms with Crippen molar-refractivity contribution in [3.8, 4) is 0 Å². The van der Waals surface area contributed by atoms with Gasteiger partial charge in [-0.1, -0.05) is 6.07 Å². The zero-order valence-electron chi connectivity index (χ0n) is 19.7. The number of anilines is 2. The molecule has 10 nitrogen and oxygen atoms in total. The second kappa shape index (κ2) is 10.8. The van der Waals surface area contributed by atoms with Gasteiger partial charge in [0.1, 0.15) is 0 Å². The third kappa shape index (κ3) is 5.55. The predicted molar refractivity (Wildman–Crippen MR) is 137 cm³/mol. The molecule has 1 saturated heterocycles. The Morgan fingerprint density at radius 3 is 2.34 bits per heavy atom. The van der Waals surface area contributed by atoms with Gasteiger partial charge in [-0.2, -0.15) is 13.5 Å². The van der Waals surface area contributed by atoms with Crippen LogP contribution in [-0.4, -0.2) is 98.1 Å². The first-order chi connectivity index (χ1) is 16.3. The van der Waals surface area contributed by atoms with E-state index in [-0.39, 0.29) is 42.1 Å². The van der Waals surface area contributed by atoms with Crippen LogP contribution in [0.15, 0.2) is 18.5 Å². The van der Waals surface area contributed by atoms with Crippen molar-refractivity contribution < 1.29 is 17.9 Å². The van der Waals surface area contributed by atoms with Gasteiger partial charge in [-0.25, -0.2) is 13.8 Å². The standard InChI is InChI=1S/C23H32N6O4S.Na.H/c1-27(19-14-33-15-19)9-10-29(18-12-24-28(2)13-18)34(31,32)26-23(30)25-22-20-7-3-5-16(20)11-17-6-4-8-21(17)22;;/h11-13,19H,3-10,14-15H2,1-2H3,(H2,25,26,30);;. The van der Waals surface area contributed by atoms with Crippen LogP contribution in [0.4, 0.5) is 16.2 Å². The average Bonchev–Trinajstić information content (AvgIpc) is 3.47. The van der Waals surface area contributed by atoms with E-state index < -0.39 is 16.2 Å². The molecule has 12 heteroatoms. The molecule has 3 aliphatic rings. The number of urea groups is 1. The minimum absolute atomic E-state index is 0. The first-order valence-electron chi connectivity index (χ1n) is 11.9. The summed E-state index contributed by atoms with van der Waals surface area (Å²) < 4.78 is 36.9. The van der Waals surface area contributed by atoms with Crippen LogP contribution in [0, 0.1) is 0 Å². The van der Waals surface area contributed by atoms with Gasteiger partial charge in [0.05, 0.1) is 31.1 Å². The van der Waals surface area contributed by atoms with E-state index in [1.807, 2.05) is 7.05 Å². The monoisotopic (exact) mass is 512 g/mol. The predicted octanol–water partition coefficient (Wildman–Crippen LogP) is 0.953. The number of hydrogen-bond donors (Lipinski definition) is 2. The van der Waals surface area contributed by atoms with E-state index in [2.05, 4.69) is 26.1 Å². The summed E-state index contributed by atoms with van der Waals surface area (Å²) in [5.74, 6) is 0. The molecule has 2 heterocycles. The van der Waals surface area contributed by atoms with Crippen molar-refractivity contribution in [1.82, 2.24) is 19.4 Å². The number of aryl methyl sites for hydroxylation is 3. The van der Waals surface area contributed by atoms with Crippen molar-refractivity contribution in [3.63, 3.8) is 0 Å². The molecule has 2 aromatic rings. The Morgan fingerprint density at radius 2 is 1.80 bits per heavy atom. The number of likely N-dealkylation sites (N-methyl/N-ethyl adjacent to an activating group) is 1. The van der Waals surface area contributed by atoms with E-state index in [1.165, 1.54) is 26.3 Å². The van der Waals surface area contributed by atoms with Crippen molar-refractivity contribution in [3.05, 3.63) is 40.7 Å². The van der Waals surface area contributed by atoms with Crippen LogP contribution in [0.3, 0.4) is 0 Å². The fourth-order valence-electron chi connectivity index (χ4n) is 5.11. The third-order valence-electron chi connectivity index (χ3n) is 7.10. The molecule has 35 heavy (non-hydrogen) atoms. The first kappa shape index (κ1) is 26.4. The summed E-state index contributed by atoms with van der Waals surface area (Å²) in [4.78, 5) is 15.1. The first-order valence-corrected chi connectivity index (χ1v) is 13.3. The molecule has 0 radical (unpaired) electrons. The van der Waals surface area contributed by atoms with E-state index in [4.69, 9.17) is 4.74 Å². The Kier molecular flexibility index (Phi) is 8.14. The Hall–Kier alpha value is -1.63. The molecule has 2 amide bonds. The number of carbonyl (C=O) groups is 1. The molecule has 1 fully saturated rings. The summed E-state index contributed by atoms with van der Waals surface area (Å²) in [6, 6.07) is 1.82. The topological polar surface area (TPSA) is 109 Å². The van der Waals surface area contributed by atoms with Crippen molar-refractivity contribution >= 4 is 57.2 Å². The molecule has 5 rings (SSSR count). The van der Waals surface area contributed by atoms with E-state index in [9.17, 15) is 13.2 Å². The van der Waals surface area contributed by atoms with E-state index >= 15 is 0 Å². The number of hydrogen-bond acceptors (Lipinski definition) is 6. The van der Waals surface area contributed by atoms with Crippen LogP contribution >= 0.6 is 0 Å². The summed E-state index contributed by atoms with van der Waals surface area (Å²) in [5, 5.41) is 7.02. The van der Waals surface area contributed by atoms with Gasteiger partial charge in [-0.05, 0) is 67.8 Å². The molecule has 1 aliphatic heterocycles. The fourth-order valence-corrected chi connectivity index (χ4v) is 6.20. The molecule has 0 spiro atoms. The molecule has 0 saturated carbocycles. The molecule has 0 unspecified atom stereocenters. The number of fused-ring (bicyclic) bond motifs is 2. The summed E-state index contributed by atoms with van der Waals surface area (Å²) >= 11 is 0. The Labute approximate surface area is 228 Å². The van der Waals surface area contributed by atoms with Gasteiger partial charge in [0, 0.05) is 32.0 Å². The summed E-state index contributed by atoms with van der Waals surface area (Å²) in [7, 11) is -0.492. The van der Waals surface area contributed by atoms with Crippen molar-refractivity contribution in [1.29, 1.82) is 0 Å². The summed E-state index contributed by atoms with van der Waals surface area (Å²) in [5.41, 5.74) is 6.08. The van der Waals surface area contributed by atoms with Gasteiger partial charge in [0.25, 0.3) is 0 Å². The van der Waals surface area contributed by atoms with Gasteiger partial charge >= 0.3 is 45.8 Å². The van der Waals surface area contributed by atoms with Gasteiger partial charge in [0.2, 0.25) is 0 Å². The van der Waals surface area contributed by atoms with Crippen molar-refractivity contribution in [2.45, 2.75) is 44.6 Å². The zero-order chi connectivity index (χ0) is 23.9. The number of amides is 2. The Morgan fingerprint density at radius 1 is 1.14 bits per heavy atom. The third-order valence-corrected chi connectivity index (χ3v) is 8.52. The van der Waals surface area contributed by atoms with Gasteiger partial charge in [0.15, 0.2) is 0 Å². The van der Waals surface area contributed by atoms with Crippen LogP contribution in [-0.2, 0) is 47.7 Å². The van der Waals surface area contributed by atoms with E-state index in [1.54, 1.807) is 13.2 Å². The molecule has 0 atom stereocenters. The molecular formula is C23H33N6NaO4S. The van der Waals surface area contributed by atoms with Crippen molar-refractivity contribution in [2.24, 2.45) is 7.05 Å². The number of rotatable bonds is 8. The normalized spacial score (nSPS) is 16.9. The number of benzene rings is 1. The average molecular weight is 513 g/mol. The molecular weight excluding hydrogens is 479 g/mol. The Balaban J connectivity index is 0.00000289. The summed E-state index contributed by atoms with van der Waals surface area (Å²) in [6.45, 7) is 1.95. The maximum atomic E-state index is 13.3. The van der Waals surface area contributed by atoms with Gasteiger partial charge in [-0.3, -0.25) is 9.58 Å². The van der Waals surface area contributed by atoms with Crippen LogP contribution in [0.1, 0.15) is 35.1 Å². The quantitative estimate of drug-likeness (QED) is 0.510. The van der Waals surface area contributed by atoms with E-state index in [0.717, 1.165) is 55.3 Å². The van der Waals surface area contributed by atoms with Crippen LogP contribution in [0.25, 0.3) is 0 Å². The minimum atomic E-state index is -4.16. The zero-order valence-corrected chi connectivity index (χ0v) is 20.5. The number of ether oxygens (including phenoxy) is 1. The van der Waals surface area contributed by atoms with Crippen molar-refractivity contribution in [2.75, 3.05) is 43.0 Å². The number of nitrogens with one attached hydrogen (secondary N) is 2. The van der Waals surface area contributed by atoms with Crippen LogP contribution in [0.5, 0.6) is 0 Å².